The molecule has 7 nitrogen and oxygen atoms in total. The highest BCUT2D eigenvalue weighted by Gasteiger charge is 2.47. The number of carbonyl (C=O) groups excluding carboxylic acids is 2. The minimum absolute atomic E-state index is 0.0284. The maximum atomic E-state index is 13.7. The molecule has 2 amide bonds. The van der Waals surface area contributed by atoms with E-state index >= 15 is 0 Å². The van der Waals surface area contributed by atoms with Gasteiger partial charge in [-0.15, -0.1) is 11.3 Å². The smallest absolute Gasteiger partial charge is 0.252 e. The summed E-state index contributed by atoms with van der Waals surface area (Å²) in [6, 6.07) is 12.8. The molecule has 33 heavy (non-hydrogen) atoms. The van der Waals surface area contributed by atoms with Crippen LogP contribution in [0.4, 0.5) is 5.69 Å². The largest absolute Gasteiger partial charge is 0.497 e. The Hall–Kier alpha value is -2.43. The number of anilines is 1. The summed E-state index contributed by atoms with van der Waals surface area (Å²) in [6.07, 6.45) is -0.298. The van der Waals surface area contributed by atoms with Crippen LogP contribution in [0.15, 0.2) is 64.9 Å². The molecule has 1 atom stereocenters. The lowest BCUT2D eigenvalue weighted by atomic mass is 10.2. The highest BCUT2D eigenvalue weighted by Crippen LogP contribution is 2.34. The van der Waals surface area contributed by atoms with Crippen molar-refractivity contribution in [1.82, 2.24) is 4.31 Å². The highest BCUT2D eigenvalue weighted by atomic mass is 35.5. The van der Waals surface area contributed by atoms with E-state index in [1.54, 1.807) is 41.8 Å². The van der Waals surface area contributed by atoms with Crippen molar-refractivity contribution in [3.63, 3.8) is 0 Å². The molecular formula is C22H18Cl2N2O5S2. The van der Waals surface area contributed by atoms with E-state index < -0.39 is 27.9 Å². The molecule has 1 saturated heterocycles. The standard InChI is InChI=1S/C22H18Cl2N2O5S2/c1-31-16-7-5-15(6-8-16)26-21(27)12-19(22(26)28)25(13-17-3-2-10-32-17)33(29,30)20-11-14(23)4-9-18(20)24/h2-11,19H,12-13H2,1H3. The Kier molecular flexibility index (Phi) is 6.78. The number of ether oxygens (including phenoxy) is 1. The fraction of sp³-hybridized carbons (Fsp3) is 0.182. The lowest BCUT2D eigenvalue weighted by molar-refractivity contribution is -0.122. The summed E-state index contributed by atoms with van der Waals surface area (Å²) in [5.41, 5.74) is 0.336. The van der Waals surface area contributed by atoms with Crippen molar-refractivity contribution in [2.75, 3.05) is 12.0 Å². The molecule has 4 rings (SSSR count). The van der Waals surface area contributed by atoms with Crippen LogP contribution in [0.5, 0.6) is 5.75 Å². The molecule has 0 N–H and O–H groups in total. The van der Waals surface area contributed by atoms with Crippen molar-refractivity contribution in [3.8, 4) is 5.75 Å². The molecule has 1 fully saturated rings. The van der Waals surface area contributed by atoms with Crippen LogP contribution < -0.4 is 9.64 Å². The van der Waals surface area contributed by atoms with E-state index in [1.807, 2.05) is 0 Å². The zero-order valence-corrected chi connectivity index (χ0v) is 20.4. The first-order valence-corrected chi connectivity index (χ1v) is 12.8. The molecule has 0 aliphatic carbocycles. The van der Waals surface area contributed by atoms with Crippen LogP contribution in [0.25, 0.3) is 0 Å². The Morgan fingerprint density at radius 2 is 1.85 bits per heavy atom. The molecular weight excluding hydrogens is 507 g/mol. The molecule has 1 aromatic heterocycles. The fourth-order valence-corrected chi connectivity index (χ4v) is 6.65. The van der Waals surface area contributed by atoms with Crippen molar-refractivity contribution < 1.29 is 22.7 Å². The van der Waals surface area contributed by atoms with Gasteiger partial charge < -0.3 is 4.74 Å². The zero-order chi connectivity index (χ0) is 23.8. The van der Waals surface area contributed by atoms with Gasteiger partial charge in [0.15, 0.2) is 0 Å². The second-order valence-corrected chi connectivity index (χ2v) is 10.9. The minimum Gasteiger partial charge on any atom is -0.497 e. The molecule has 3 aromatic rings. The second-order valence-electron chi connectivity index (χ2n) is 7.19. The van der Waals surface area contributed by atoms with E-state index in [4.69, 9.17) is 27.9 Å². The fourth-order valence-electron chi connectivity index (χ4n) is 3.56. The van der Waals surface area contributed by atoms with Crippen molar-refractivity contribution in [2.24, 2.45) is 0 Å². The van der Waals surface area contributed by atoms with E-state index in [0.29, 0.717) is 16.3 Å². The normalized spacial score (nSPS) is 16.6. The third-order valence-corrected chi connectivity index (χ3v) is 8.61. The van der Waals surface area contributed by atoms with E-state index in [1.165, 1.54) is 36.6 Å². The average molecular weight is 525 g/mol. The van der Waals surface area contributed by atoms with Gasteiger partial charge >= 0.3 is 0 Å². The summed E-state index contributed by atoms with van der Waals surface area (Å²) in [5.74, 6) is -0.575. The number of rotatable bonds is 7. The van der Waals surface area contributed by atoms with E-state index in [9.17, 15) is 18.0 Å². The third kappa shape index (κ3) is 4.64. The lowest BCUT2D eigenvalue weighted by Crippen LogP contribution is -2.45. The zero-order valence-electron chi connectivity index (χ0n) is 17.3. The van der Waals surface area contributed by atoms with Crippen LogP contribution in [-0.4, -0.2) is 37.7 Å². The van der Waals surface area contributed by atoms with Gasteiger partial charge in [0.2, 0.25) is 15.9 Å². The second kappa shape index (κ2) is 9.44. The molecule has 172 valence electrons. The van der Waals surface area contributed by atoms with Crippen molar-refractivity contribution in [2.45, 2.75) is 23.9 Å². The Bertz CT molecular complexity index is 1290. The van der Waals surface area contributed by atoms with Gasteiger partial charge in [-0.05, 0) is 53.9 Å². The quantitative estimate of drug-likeness (QED) is 0.422. The molecule has 1 aliphatic rings. The van der Waals surface area contributed by atoms with Crippen molar-refractivity contribution in [1.29, 1.82) is 0 Å². The number of sulfonamides is 1. The van der Waals surface area contributed by atoms with Gasteiger partial charge in [0.25, 0.3) is 5.91 Å². The summed E-state index contributed by atoms with van der Waals surface area (Å²) in [5, 5.41) is 1.96. The van der Waals surface area contributed by atoms with Gasteiger partial charge in [-0.3, -0.25) is 9.59 Å². The Morgan fingerprint density at radius 3 is 2.48 bits per heavy atom. The molecule has 0 radical (unpaired) electrons. The van der Waals surface area contributed by atoms with Gasteiger partial charge in [0.1, 0.15) is 16.7 Å². The first-order chi connectivity index (χ1) is 15.7. The van der Waals surface area contributed by atoms with Crippen LogP contribution >= 0.6 is 34.5 Å². The summed E-state index contributed by atoms with van der Waals surface area (Å²) < 4.78 is 33.5. The number of amides is 2. The molecule has 1 aliphatic heterocycles. The van der Waals surface area contributed by atoms with Crippen LogP contribution in [0.2, 0.25) is 10.0 Å². The molecule has 2 aromatic carbocycles. The monoisotopic (exact) mass is 524 g/mol. The predicted octanol–water partition coefficient (Wildman–Crippen LogP) is 4.59. The number of methoxy groups -OCH3 is 1. The molecule has 0 spiro atoms. The molecule has 11 heteroatoms. The van der Waals surface area contributed by atoms with E-state index in [2.05, 4.69) is 0 Å². The summed E-state index contributed by atoms with van der Waals surface area (Å²) in [6.45, 7) is -0.0943. The maximum absolute atomic E-state index is 13.7. The number of hydrogen-bond donors (Lipinski definition) is 0. The average Bonchev–Trinajstić information content (AvgIpc) is 3.41. The van der Waals surface area contributed by atoms with Crippen molar-refractivity contribution >= 4 is 62.1 Å². The van der Waals surface area contributed by atoms with Crippen LogP contribution in [-0.2, 0) is 26.2 Å². The maximum Gasteiger partial charge on any atom is 0.252 e. The SMILES string of the molecule is COc1ccc(N2C(=O)CC(N(Cc3cccs3)S(=O)(=O)c3cc(Cl)ccc3Cl)C2=O)cc1. The Balaban J connectivity index is 1.75. The molecule has 1 unspecified atom stereocenters. The first kappa shape index (κ1) is 23.7. The Labute approximate surface area is 205 Å². The number of thiophene rings is 1. The first-order valence-electron chi connectivity index (χ1n) is 9.72. The lowest BCUT2D eigenvalue weighted by Gasteiger charge is -2.27. The van der Waals surface area contributed by atoms with E-state index in [-0.39, 0.29) is 27.9 Å². The molecule has 0 saturated carbocycles. The topological polar surface area (TPSA) is 84.0 Å². The van der Waals surface area contributed by atoms with Gasteiger partial charge in [-0.1, -0.05) is 29.3 Å². The summed E-state index contributed by atoms with van der Waals surface area (Å²) in [4.78, 5) is 27.7. The van der Waals surface area contributed by atoms with Crippen molar-refractivity contribution in [3.05, 3.63) is 74.9 Å². The van der Waals surface area contributed by atoms with Gasteiger partial charge in [0, 0.05) is 16.4 Å². The predicted molar refractivity (Wildman–Crippen MR) is 127 cm³/mol. The number of nitrogens with zero attached hydrogens (tertiary/aromatic N) is 2. The highest BCUT2D eigenvalue weighted by molar-refractivity contribution is 7.89. The van der Waals surface area contributed by atoms with Gasteiger partial charge in [-0.2, -0.15) is 4.31 Å². The van der Waals surface area contributed by atoms with Crippen LogP contribution in [0.1, 0.15) is 11.3 Å². The van der Waals surface area contributed by atoms with Gasteiger partial charge in [0.05, 0.1) is 24.2 Å². The number of halogens is 2. The van der Waals surface area contributed by atoms with Crippen LogP contribution in [0, 0.1) is 0 Å². The Morgan fingerprint density at radius 1 is 1.12 bits per heavy atom. The number of carbonyl (C=O) groups is 2. The minimum atomic E-state index is -4.28. The summed E-state index contributed by atoms with van der Waals surface area (Å²) in [7, 11) is -2.78. The molecule has 0 bridgehead atoms. The number of hydrogen-bond acceptors (Lipinski definition) is 6. The van der Waals surface area contributed by atoms with Crippen LogP contribution in [0.3, 0.4) is 0 Å². The number of benzene rings is 2. The molecule has 2 heterocycles. The number of imide groups is 1. The van der Waals surface area contributed by atoms with Gasteiger partial charge in [-0.25, -0.2) is 13.3 Å². The summed E-state index contributed by atoms with van der Waals surface area (Å²) >= 11 is 13.6. The third-order valence-electron chi connectivity index (χ3n) is 5.17. The van der Waals surface area contributed by atoms with E-state index in [0.717, 1.165) is 9.21 Å².